The van der Waals surface area contributed by atoms with Crippen LogP contribution < -0.4 is 10.9 Å². The third kappa shape index (κ3) is 3.77. The van der Waals surface area contributed by atoms with Crippen molar-refractivity contribution in [2.75, 3.05) is 18.1 Å². The van der Waals surface area contributed by atoms with Crippen LogP contribution in [0.15, 0.2) is 17.2 Å². The third-order valence-electron chi connectivity index (χ3n) is 2.52. The molecule has 1 N–H and O–H groups in total. The highest BCUT2D eigenvalue weighted by Crippen LogP contribution is 2.11. The van der Waals surface area contributed by atoms with E-state index in [0.717, 1.165) is 6.54 Å². The van der Waals surface area contributed by atoms with Crippen LogP contribution in [0.2, 0.25) is 0 Å². The first-order valence-corrected chi connectivity index (χ1v) is 7.00. The molecule has 17 heavy (non-hydrogen) atoms. The van der Waals surface area contributed by atoms with Crippen LogP contribution in [0, 0.1) is 0 Å². The summed E-state index contributed by atoms with van der Waals surface area (Å²) in [6, 6.07) is 0. The molecule has 1 heterocycles. The Bertz CT molecular complexity index is 422. The largest absolute Gasteiger partial charge is 0.364 e. The summed E-state index contributed by atoms with van der Waals surface area (Å²) in [6.45, 7) is 8.87. The number of rotatable bonds is 4. The van der Waals surface area contributed by atoms with Crippen LogP contribution >= 0.6 is 11.8 Å². The monoisotopic (exact) mass is 255 g/mol. The molecule has 0 amide bonds. The van der Waals surface area contributed by atoms with Crippen molar-refractivity contribution in [3.63, 3.8) is 0 Å². The number of hydrogen-bond donors (Lipinski definition) is 1. The van der Waals surface area contributed by atoms with E-state index in [4.69, 9.17) is 0 Å². The van der Waals surface area contributed by atoms with Crippen LogP contribution in [-0.4, -0.2) is 27.6 Å². The summed E-state index contributed by atoms with van der Waals surface area (Å²) in [4.78, 5) is 16.3. The van der Waals surface area contributed by atoms with Gasteiger partial charge in [-0.3, -0.25) is 4.79 Å². The summed E-state index contributed by atoms with van der Waals surface area (Å²) in [5.41, 5.74) is -0.282. The number of nitrogens with one attached hydrogen (secondary N) is 1. The van der Waals surface area contributed by atoms with Gasteiger partial charge in [-0.1, -0.05) is 6.92 Å². The normalized spacial score (nSPS) is 13.5. The Hall–Kier alpha value is -0.970. The van der Waals surface area contributed by atoms with Crippen molar-refractivity contribution in [2.45, 2.75) is 38.5 Å². The third-order valence-corrected chi connectivity index (χ3v) is 3.49. The number of aromatic nitrogens is 2. The van der Waals surface area contributed by atoms with Crippen molar-refractivity contribution in [1.29, 1.82) is 0 Å². The van der Waals surface area contributed by atoms with E-state index in [-0.39, 0.29) is 11.1 Å². The number of nitrogens with zero attached hydrogens (tertiary/aromatic N) is 2. The first kappa shape index (κ1) is 14.1. The lowest BCUT2D eigenvalue weighted by Crippen LogP contribution is -2.35. The van der Waals surface area contributed by atoms with Gasteiger partial charge in [-0.25, -0.2) is 4.98 Å². The quantitative estimate of drug-likeness (QED) is 0.895. The minimum atomic E-state index is -0.221. The van der Waals surface area contributed by atoms with E-state index in [0.29, 0.717) is 11.1 Å². The smallest absolute Gasteiger partial charge is 0.293 e. The average Bonchev–Trinajstić information content (AvgIpc) is 2.25. The molecule has 96 valence electrons. The Morgan fingerprint density at radius 1 is 1.53 bits per heavy atom. The first-order chi connectivity index (χ1) is 7.86. The molecule has 0 saturated heterocycles. The molecule has 1 unspecified atom stereocenters. The molecular weight excluding hydrogens is 234 g/mol. The van der Waals surface area contributed by atoms with Gasteiger partial charge in [0.2, 0.25) is 0 Å². The maximum absolute atomic E-state index is 12.1. The molecule has 0 spiro atoms. The molecule has 4 nitrogen and oxygen atoms in total. The Morgan fingerprint density at radius 3 is 2.71 bits per heavy atom. The molecule has 0 radical (unpaired) electrons. The van der Waals surface area contributed by atoms with Gasteiger partial charge >= 0.3 is 0 Å². The van der Waals surface area contributed by atoms with Gasteiger partial charge in [0.1, 0.15) is 0 Å². The van der Waals surface area contributed by atoms with Gasteiger partial charge in [0.15, 0.2) is 5.82 Å². The zero-order chi connectivity index (χ0) is 13.1. The summed E-state index contributed by atoms with van der Waals surface area (Å²) in [7, 11) is 0. The molecule has 5 heteroatoms. The lowest BCUT2D eigenvalue weighted by atomic mass is 10.1. The lowest BCUT2D eigenvalue weighted by molar-refractivity contribution is 0.383. The predicted octanol–water partition coefficient (Wildman–Crippen LogP) is 2.16. The fourth-order valence-corrected chi connectivity index (χ4v) is 1.63. The van der Waals surface area contributed by atoms with Crippen molar-refractivity contribution >= 4 is 17.6 Å². The number of thioether (sulfide) groups is 1. The Labute approximate surface area is 107 Å². The van der Waals surface area contributed by atoms with E-state index in [9.17, 15) is 4.79 Å². The van der Waals surface area contributed by atoms with Crippen LogP contribution in [0.5, 0.6) is 0 Å². The van der Waals surface area contributed by atoms with E-state index < -0.39 is 0 Å². The second kappa shape index (κ2) is 5.58. The van der Waals surface area contributed by atoms with E-state index in [1.807, 2.05) is 20.8 Å². The first-order valence-electron chi connectivity index (χ1n) is 5.71. The molecule has 0 aromatic carbocycles. The van der Waals surface area contributed by atoms with Gasteiger partial charge in [-0.15, -0.1) is 0 Å². The highest BCUT2D eigenvalue weighted by Gasteiger charge is 2.16. The maximum Gasteiger partial charge on any atom is 0.293 e. The second-order valence-corrected chi connectivity index (χ2v) is 6.33. The van der Waals surface area contributed by atoms with Crippen LogP contribution in [0.3, 0.4) is 0 Å². The molecule has 1 atom stereocenters. The second-order valence-electron chi connectivity index (χ2n) is 5.05. The molecule has 0 aliphatic heterocycles. The highest BCUT2D eigenvalue weighted by atomic mass is 32.2. The molecule has 1 aromatic rings. The predicted molar refractivity (Wildman–Crippen MR) is 75.0 cm³/mol. The zero-order valence-electron chi connectivity index (χ0n) is 11.2. The summed E-state index contributed by atoms with van der Waals surface area (Å²) in [5.74, 6) is 0.434. The lowest BCUT2D eigenvalue weighted by Gasteiger charge is -2.22. The van der Waals surface area contributed by atoms with Crippen molar-refractivity contribution in [3.05, 3.63) is 22.7 Å². The number of hydrogen-bond acceptors (Lipinski definition) is 4. The van der Waals surface area contributed by atoms with Gasteiger partial charge in [-0.2, -0.15) is 11.8 Å². The number of anilines is 1. The maximum atomic E-state index is 12.1. The molecule has 0 aliphatic rings. The van der Waals surface area contributed by atoms with Crippen molar-refractivity contribution in [3.8, 4) is 0 Å². The van der Waals surface area contributed by atoms with E-state index in [2.05, 4.69) is 23.5 Å². The fourth-order valence-electron chi connectivity index (χ4n) is 1.38. The van der Waals surface area contributed by atoms with Gasteiger partial charge in [0.25, 0.3) is 5.56 Å². The van der Waals surface area contributed by atoms with Crippen molar-refractivity contribution in [1.82, 2.24) is 9.55 Å². The summed E-state index contributed by atoms with van der Waals surface area (Å²) in [6.07, 6.45) is 5.45. The minimum Gasteiger partial charge on any atom is -0.364 e. The summed E-state index contributed by atoms with van der Waals surface area (Å²) in [5, 5.41) is 3.57. The van der Waals surface area contributed by atoms with Crippen LogP contribution in [-0.2, 0) is 5.54 Å². The molecule has 0 aliphatic carbocycles. The summed E-state index contributed by atoms with van der Waals surface area (Å²) >= 11 is 1.76. The molecular formula is C12H21N3OS. The Morgan fingerprint density at radius 2 is 2.18 bits per heavy atom. The van der Waals surface area contributed by atoms with Crippen LogP contribution in [0.4, 0.5) is 5.82 Å². The molecule has 0 bridgehead atoms. The van der Waals surface area contributed by atoms with Crippen molar-refractivity contribution < 1.29 is 0 Å². The van der Waals surface area contributed by atoms with E-state index >= 15 is 0 Å². The Balaban J connectivity index is 2.92. The van der Waals surface area contributed by atoms with Crippen LogP contribution in [0.25, 0.3) is 0 Å². The Kier molecular flexibility index (Phi) is 4.62. The van der Waals surface area contributed by atoms with Gasteiger partial charge in [0.05, 0.1) is 0 Å². The average molecular weight is 255 g/mol. The van der Waals surface area contributed by atoms with Gasteiger partial charge in [-0.05, 0) is 27.0 Å². The van der Waals surface area contributed by atoms with Gasteiger partial charge in [0, 0.05) is 29.7 Å². The van der Waals surface area contributed by atoms with E-state index in [1.165, 1.54) is 0 Å². The SMILES string of the molecule is CSC(C)CNc1nccn(C(C)(C)C)c1=O. The molecule has 0 saturated carbocycles. The zero-order valence-corrected chi connectivity index (χ0v) is 12.0. The minimum absolute atomic E-state index is 0.0618. The fraction of sp³-hybridized carbons (Fsp3) is 0.667. The highest BCUT2D eigenvalue weighted by molar-refractivity contribution is 7.99. The standard InChI is InChI=1S/C12H21N3OS/c1-9(17-5)8-14-10-11(16)15(7-6-13-10)12(2,3)4/h6-7,9H,8H2,1-5H3,(H,13,14). The van der Waals surface area contributed by atoms with Crippen molar-refractivity contribution in [2.24, 2.45) is 0 Å². The topological polar surface area (TPSA) is 46.9 Å². The summed E-state index contributed by atoms with van der Waals surface area (Å²) < 4.78 is 1.70. The molecule has 1 aromatic heterocycles. The molecule has 1 rings (SSSR count). The molecule has 0 fully saturated rings. The van der Waals surface area contributed by atoms with Gasteiger partial charge < -0.3 is 9.88 Å². The van der Waals surface area contributed by atoms with Crippen LogP contribution in [0.1, 0.15) is 27.7 Å². The van der Waals surface area contributed by atoms with E-state index in [1.54, 1.807) is 28.7 Å².